The van der Waals surface area contributed by atoms with Gasteiger partial charge in [0.1, 0.15) is 0 Å². The highest BCUT2D eigenvalue weighted by Gasteiger charge is 2.34. The summed E-state index contributed by atoms with van der Waals surface area (Å²) in [5.41, 5.74) is 2.78. The molecule has 1 saturated carbocycles. The Morgan fingerprint density at radius 2 is 1.38 bits per heavy atom. The molecule has 1 aliphatic carbocycles. The third-order valence-corrected chi connectivity index (χ3v) is 4.98. The third-order valence-electron chi connectivity index (χ3n) is 4.98. The van der Waals surface area contributed by atoms with Crippen LogP contribution in [0, 0.1) is 5.92 Å². The summed E-state index contributed by atoms with van der Waals surface area (Å²) < 4.78 is 0. The van der Waals surface area contributed by atoms with Crippen molar-refractivity contribution >= 4 is 0 Å². The van der Waals surface area contributed by atoms with Crippen LogP contribution in [0.5, 0.6) is 0 Å². The Morgan fingerprint density at radius 1 is 0.810 bits per heavy atom. The van der Waals surface area contributed by atoms with Crippen LogP contribution in [0.1, 0.15) is 44.6 Å². The Kier molecular flexibility index (Phi) is 4.12. The fourth-order valence-electron chi connectivity index (χ4n) is 3.53. The second kappa shape index (κ2) is 6.03. The molecule has 0 aliphatic heterocycles. The molecule has 0 aromatic heterocycles. The van der Waals surface area contributed by atoms with Gasteiger partial charge in [-0.1, -0.05) is 73.9 Å². The maximum absolute atomic E-state index is 11.0. The van der Waals surface area contributed by atoms with Crippen LogP contribution in [0.25, 0.3) is 11.1 Å². The molecule has 1 heteroatoms. The van der Waals surface area contributed by atoms with Crippen LogP contribution in [-0.4, -0.2) is 5.11 Å². The summed E-state index contributed by atoms with van der Waals surface area (Å²) >= 11 is 0. The zero-order valence-electron chi connectivity index (χ0n) is 12.8. The molecule has 1 fully saturated rings. The number of benzene rings is 2. The van der Waals surface area contributed by atoms with Crippen LogP contribution in [0.3, 0.4) is 0 Å². The third kappa shape index (κ3) is 3.03. The van der Waals surface area contributed by atoms with Gasteiger partial charge in [-0.2, -0.15) is 0 Å². The Labute approximate surface area is 127 Å². The SMILES string of the molecule is CC(O)(c1ccc(-c2ccccc2)cc1)C1CCCCC1. The summed E-state index contributed by atoms with van der Waals surface area (Å²) in [6.45, 7) is 1.99. The highest BCUT2D eigenvalue weighted by atomic mass is 16.3. The maximum atomic E-state index is 11.0. The van der Waals surface area contributed by atoms with Gasteiger partial charge in [-0.15, -0.1) is 0 Å². The normalized spacial score (nSPS) is 19.1. The predicted molar refractivity (Wildman–Crippen MR) is 88.0 cm³/mol. The predicted octanol–water partition coefficient (Wildman–Crippen LogP) is 5.14. The number of rotatable bonds is 3. The van der Waals surface area contributed by atoms with Crippen molar-refractivity contribution in [2.24, 2.45) is 5.92 Å². The average Bonchev–Trinajstić information content (AvgIpc) is 2.57. The van der Waals surface area contributed by atoms with E-state index in [9.17, 15) is 5.11 Å². The van der Waals surface area contributed by atoms with Crippen molar-refractivity contribution in [2.45, 2.75) is 44.6 Å². The van der Waals surface area contributed by atoms with Crippen molar-refractivity contribution in [2.75, 3.05) is 0 Å². The molecule has 0 radical (unpaired) electrons. The molecule has 2 aromatic carbocycles. The molecule has 1 N–H and O–H groups in total. The Morgan fingerprint density at radius 3 is 2.00 bits per heavy atom. The van der Waals surface area contributed by atoms with Gasteiger partial charge < -0.3 is 5.11 Å². The number of hydrogen-bond donors (Lipinski definition) is 1. The summed E-state index contributed by atoms with van der Waals surface area (Å²) in [4.78, 5) is 0. The molecular formula is C20H24O. The van der Waals surface area contributed by atoms with Crippen LogP contribution in [0.2, 0.25) is 0 Å². The summed E-state index contributed by atoms with van der Waals surface area (Å²) in [5, 5.41) is 11.0. The lowest BCUT2D eigenvalue weighted by Crippen LogP contribution is -2.33. The van der Waals surface area contributed by atoms with Gasteiger partial charge in [0.2, 0.25) is 0 Å². The molecule has 1 unspecified atom stereocenters. The smallest absolute Gasteiger partial charge is 0.0896 e. The minimum atomic E-state index is -0.699. The molecule has 0 bridgehead atoms. The van der Waals surface area contributed by atoms with Gasteiger partial charge in [0.25, 0.3) is 0 Å². The first kappa shape index (κ1) is 14.3. The first-order valence-corrected chi connectivity index (χ1v) is 8.06. The van der Waals surface area contributed by atoms with Crippen molar-refractivity contribution in [3.63, 3.8) is 0 Å². The number of aliphatic hydroxyl groups is 1. The highest BCUT2D eigenvalue weighted by molar-refractivity contribution is 5.63. The van der Waals surface area contributed by atoms with E-state index in [0.717, 1.165) is 18.4 Å². The van der Waals surface area contributed by atoms with Crippen molar-refractivity contribution in [1.29, 1.82) is 0 Å². The Hall–Kier alpha value is -1.60. The van der Waals surface area contributed by atoms with E-state index in [2.05, 4.69) is 48.5 Å². The summed E-state index contributed by atoms with van der Waals surface area (Å²) in [6, 6.07) is 18.8. The highest BCUT2D eigenvalue weighted by Crippen LogP contribution is 2.39. The standard InChI is InChI=1S/C20H24O/c1-20(21,18-10-6-3-7-11-18)19-14-12-17(13-15-19)16-8-4-2-5-9-16/h2,4-5,8-9,12-15,18,21H,3,6-7,10-11H2,1H3. The zero-order valence-corrected chi connectivity index (χ0v) is 12.8. The van der Waals surface area contributed by atoms with Crippen molar-refractivity contribution in [1.82, 2.24) is 0 Å². The summed E-state index contributed by atoms with van der Waals surface area (Å²) in [7, 11) is 0. The lowest BCUT2D eigenvalue weighted by molar-refractivity contribution is -0.0214. The lowest BCUT2D eigenvalue weighted by Gasteiger charge is -2.36. The van der Waals surface area contributed by atoms with E-state index < -0.39 is 5.60 Å². The summed E-state index contributed by atoms with van der Waals surface area (Å²) in [5.74, 6) is 0.397. The van der Waals surface area contributed by atoms with E-state index in [1.165, 1.54) is 30.4 Å². The fraction of sp³-hybridized carbons (Fsp3) is 0.400. The van der Waals surface area contributed by atoms with Gasteiger partial charge in [-0.05, 0) is 42.4 Å². The van der Waals surface area contributed by atoms with Crippen LogP contribution in [-0.2, 0) is 5.60 Å². The van der Waals surface area contributed by atoms with Crippen LogP contribution in [0.4, 0.5) is 0 Å². The molecule has 1 nitrogen and oxygen atoms in total. The van der Waals surface area contributed by atoms with Gasteiger partial charge in [-0.3, -0.25) is 0 Å². The molecule has 110 valence electrons. The van der Waals surface area contributed by atoms with E-state index >= 15 is 0 Å². The second-order valence-electron chi connectivity index (χ2n) is 6.43. The van der Waals surface area contributed by atoms with Crippen LogP contribution in [0.15, 0.2) is 54.6 Å². The van der Waals surface area contributed by atoms with E-state index in [0.29, 0.717) is 5.92 Å². The van der Waals surface area contributed by atoms with Crippen molar-refractivity contribution in [3.8, 4) is 11.1 Å². The van der Waals surface area contributed by atoms with Gasteiger partial charge in [-0.25, -0.2) is 0 Å². The molecule has 2 aromatic rings. The van der Waals surface area contributed by atoms with Gasteiger partial charge >= 0.3 is 0 Å². The molecule has 3 rings (SSSR count). The molecule has 1 atom stereocenters. The fourth-order valence-corrected chi connectivity index (χ4v) is 3.53. The molecule has 1 aliphatic rings. The number of hydrogen-bond acceptors (Lipinski definition) is 1. The quantitative estimate of drug-likeness (QED) is 0.825. The van der Waals surface area contributed by atoms with E-state index in [-0.39, 0.29) is 0 Å². The van der Waals surface area contributed by atoms with E-state index in [4.69, 9.17) is 0 Å². The van der Waals surface area contributed by atoms with Gasteiger partial charge in [0, 0.05) is 0 Å². The second-order valence-corrected chi connectivity index (χ2v) is 6.43. The van der Waals surface area contributed by atoms with Gasteiger partial charge in [0.05, 0.1) is 5.60 Å². The molecular weight excluding hydrogens is 256 g/mol. The Balaban J connectivity index is 1.83. The Bertz CT molecular complexity index is 563. The van der Waals surface area contributed by atoms with E-state index in [1.807, 2.05) is 13.0 Å². The maximum Gasteiger partial charge on any atom is 0.0896 e. The monoisotopic (exact) mass is 280 g/mol. The molecule has 0 spiro atoms. The largest absolute Gasteiger partial charge is 0.385 e. The molecule has 0 heterocycles. The summed E-state index contributed by atoms with van der Waals surface area (Å²) in [6.07, 6.45) is 6.12. The molecule has 21 heavy (non-hydrogen) atoms. The van der Waals surface area contributed by atoms with Crippen LogP contribution < -0.4 is 0 Å². The molecule has 0 amide bonds. The van der Waals surface area contributed by atoms with Crippen LogP contribution >= 0.6 is 0 Å². The minimum Gasteiger partial charge on any atom is -0.385 e. The first-order valence-electron chi connectivity index (χ1n) is 8.06. The topological polar surface area (TPSA) is 20.2 Å². The van der Waals surface area contributed by atoms with Gasteiger partial charge in [0.15, 0.2) is 0 Å². The average molecular weight is 280 g/mol. The van der Waals surface area contributed by atoms with Crippen molar-refractivity contribution < 1.29 is 5.11 Å². The van der Waals surface area contributed by atoms with E-state index in [1.54, 1.807) is 0 Å². The van der Waals surface area contributed by atoms with Crippen molar-refractivity contribution in [3.05, 3.63) is 60.2 Å². The lowest BCUT2D eigenvalue weighted by atomic mass is 9.74. The molecule has 0 saturated heterocycles. The first-order chi connectivity index (χ1) is 10.2. The minimum absolute atomic E-state index is 0.397. The zero-order chi connectivity index (χ0) is 14.7.